The summed E-state index contributed by atoms with van der Waals surface area (Å²) in [5.74, 6) is 0.972. The van der Waals surface area contributed by atoms with Crippen molar-refractivity contribution < 1.29 is 4.74 Å². The molecule has 3 rings (SSSR count). The van der Waals surface area contributed by atoms with E-state index in [4.69, 9.17) is 4.74 Å². The summed E-state index contributed by atoms with van der Waals surface area (Å²) in [5.41, 5.74) is 1.87. The molecule has 1 aromatic rings. The van der Waals surface area contributed by atoms with E-state index in [9.17, 15) is 0 Å². The molecule has 128 valence electrons. The largest absolute Gasteiger partial charge is 0.494 e. The first kappa shape index (κ1) is 16.7. The van der Waals surface area contributed by atoms with Crippen molar-refractivity contribution in [3.05, 3.63) is 29.8 Å². The van der Waals surface area contributed by atoms with Crippen molar-refractivity contribution in [1.82, 2.24) is 15.1 Å². The molecule has 1 aromatic carbocycles. The lowest BCUT2D eigenvalue weighted by Gasteiger charge is -2.38. The average Bonchev–Trinajstić information content (AvgIpc) is 2.98. The molecule has 1 unspecified atom stereocenters. The topological polar surface area (TPSA) is 27.7 Å². The fourth-order valence-electron chi connectivity index (χ4n) is 3.76. The van der Waals surface area contributed by atoms with Gasteiger partial charge in [-0.2, -0.15) is 0 Å². The summed E-state index contributed by atoms with van der Waals surface area (Å²) in [6.45, 7) is 14.6. The first-order chi connectivity index (χ1) is 11.2. The second-order valence-electron chi connectivity index (χ2n) is 7.37. The van der Waals surface area contributed by atoms with Crippen LogP contribution in [0, 0.1) is 5.41 Å². The van der Waals surface area contributed by atoms with Gasteiger partial charge in [0.2, 0.25) is 0 Å². The molecular formula is C19H31N3O. The van der Waals surface area contributed by atoms with Crippen LogP contribution in [0.15, 0.2) is 24.3 Å². The van der Waals surface area contributed by atoms with Crippen LogP contribution in [0.4, 0.5) is 0 Å². The smallest absolute Gasteiger partial charge is 0.119 e. The Kier molecular flexibility index (Phi) is 5.57. The minimum atomic E-state index is 0.483. The van der Waals surface area contributed by atoms with Crippen LogP contribution in [0.5, 0.6) is 5.75 Å². The van der Waals surface area contributed by atoms with Crippen molar-refractivity contribution >= 4 is 0 Å². The van der Waals surface area contributed by atoms with E-state index in [-0.39, 0.29) is 0 Å². The van der Waals surface area contributed by atoms with Gasteiger partial charge in [0.05, 0.1) is 6.61 Å². The van der Waals surface area contributed by atoms with Crippen LogP contribution in [0.25, 0.3) is 0 Å². The van der Waals surface area contributed by atoms with Gasteiger partial charge in [0, 0.05) is 45.8 Å². The minimum absolute atomic E-state index is 0.483. The number of nitrogens with one attached hydrogen (secondary N) is 1. The summed E-state index contributed by atoms with van der Waals surface area (Å²) in [5, 5.41) is 3.51. The van der Waals surface area contributed by atoms with Gasteiger partial charge in [-0.1, -0.05) is 19.1 Å². The molecule has 1 atom stereocenters. The Hall–Kier alpha value is -1.10. The summed E-state index contributed by atoms with van der Waals surface area (Å²) < 4.78 is 5.51. The van der Waals surface area contributed by atoms with Crippen LogP contribution in [0.1, 0.15) is 25.8 Å². The number of nitrogens with zero attached hydrogens (tertiary/aromatic N) is 2. The van der Waals surface area contributed by atoms with Gasteiger partial charge in [0.25, 0.3) is 0 Å². The molecule has 4 nitrogen and oxygen atoms in total. The molecule has 23 heavy (non-hydrogen) atoms. The molecular weight excluding hydrogens is 286 g/mol. The van der Waals surface area contributed by atoms with E-state index in [0.29, 0.717) is 5.41 Å². The van der Waals surface area contributed by atoms with Gasteiger partial charge in [0.1, 0.15) is 5.75 Å². The lowest BCUT2D eigenvalue weighted by Crippen LogP contribution is -2.49. The number of piperazine rings is 1. The van der Waals surface area contributed by atoms with Gasteiger partial charge >= 0.3 is 0 Å². The summed E-state index contributed by atoms with van der Waals surface area (Å²) in [6.07, 6.45) is 1.32. The second kappa shape index (κ2) is 7.65. The van der Waals surface area contributed by atoms with E-state index >= 15 is 0 Å². The highest BCUT2D eigenvalue weighted by atomic mass is 16.5. The highest BCUT2D eigenvalue weighted by molar-refractivity contribution is 5.27. The molecule has 0 aromatic heterocycles. The Morgan fingerprint density at radius 1 is 1.09 bits per heavy atom. The van der Waals surface area contributed by atoms with E-state index < -0.39 is 0 Å². The number of benzene rings is 1. The molecule has 1 N–H and O–H groups in total. The van der Waals surface area contributed by atoms with Gasteiger partial charge in [-0.05, 0) is 43.0 Å². The van der Waals surface area contributed by atoms with Crippen LogP contribution in [-0.4, -0.2) is 62.2 Å². The molecule has 0 radical (unpaired) electrons. The predicted octanol–water partition coefficient (Wildman–Crippen LogP) is 2.20. The van der Waals surface area contributed by atoms with Crippen molar-refractivity contribution in [2.45, 2.75) is 26.8 Å². The van der Waals surface area contributed by atoms with Gasteiger partial charge in [-0.3, -0.25) is 4.90 Å². The van der Waals surface area contributed by atoms with Crippen LogP contribution in [0.2, 0.25) is 0 Å². The Morgan fingerprint density at radius 2 is 1.78 bits per heavy atom. The van der Waals surface area contributed by atoms with Crippen molar-refractivity contribution in [3.63, 3.8) is 0 Å². The standard InChI is InChI=1S/C19H31N3O/c1-3-23-18-6-4-17(5-7-18)14-21-10-12-22(13-11-21)16-19(2)8-9-20-15-19/h4-7,20H,3,8-16H2,1-2H3. The zero-order valence-corrected chi connectivity index (χ0v) is 14.7. The van der Waals surface area contributed by atoms with Crippen LogP contribution < -0.4 is 10.1 Å². The zero-order valence-electron chi connectivity index (χ0n) is 14.7. The van der Waals surface area contributed by atoms with Crippen molar-refractivity contribution in [3.8, 4) is 5.75 Å². The molecule has 0 bridgehead atoms. The maximum Gasteiger partial charge on any atom is 0.119 e. The Morgan fingerprint density at radius 3 is 2.39 bits per heavy atom. The number of hydrogen-bond donors (Lipinski definition) is 1. The molecule has 2 fully saturated rings. The molecule has 2 saturated heterocycles. The van der Waals surface area contributed by atoms with Gasteiger partial charge in [-0.15, -0.1) is 0 Å². The Bertz CT molecular complexity index is 474. The van der Waals surface area contributed by atoms with Gasteiger partial charge in [-0.25, -0.2) is 0 Å². The van der Waals surface area contributed by atoms with Crippen LogP contribution in [0.3, 0.4) is 0 Å². The highest BCUT2D eigenvalue weighted by Crippen LogP contribution is 2.26. The predicted molar refractivity (Wildman–Crippen MR) is 94.9 cm³/mol. The van der Waals surface area contributed by atoms with Crippen LogP contribution in [-0.2, 0) is 6.54 Å². The molecule has 0 spiro atoms. The quantitative estimate of drug-likeness (QED) is 0.870. The van der Waals surface area contributed by atoms with Crippen molar-refractivity contribution in [1.29, 1.82) is 0 Å². The third kappa shape index (κ3) is 4.69. The monoisotopic (exact) mass is 317 g/mol. The zero-order chi connectivity index (χ0) is 16.1. The maximum atomic E-state index is 5.51. The highest BCUT2D eigenvalue weighted by Gasteiger charge is 2.31. The summed E-state index contributed by atoms with van der Waals surface area (Å²) >= 11 is 0. The fraction of sp³-hybridized carbons (Fsp3) is 0.684. The van der Waals surface area contributed by atoms with E-state index in [1.54, 1.807) is 0 Å². The minimum Gasteiger partial charge on any atom is -0.494 e. The number of ether oxygens (including phenoxy) is 1. The van der Waals surface area contributed by atoms with E-state index in [0.717, 1.165) is 18.9 Å². The Balaban J connectivity index is 1.43. The summed E-state index contributed by atoms with van der Waals surface area (Å²) in [7, 11) is 0. The third-order valence-corrected chi connectivity index (χ3v) is 5.17. The van der Waals surface area contributed by atoms with Gasteiger partial charge in [0.15, 0.2) is 0 Å². The molecule has 0 amide bonds. The first-order valence-corrected chi connectivity index (χ1v) is 9.04. The molecule has 4 heteroatoms. The summed E-state index contributed by atoms with van der Waals surface area (Å²) in [6, 6.07) is 8.57. The maximum absolute atomic E-state index is 5.51. The molecule has 2 aliphatic rings. The lowest BCUT2D eigenvalue weighted by molar-refractivity contribution is 0.0933. The van der Waals surface area contributed by atoms with Crippen molar-refractivity contribution in [2.24, 2.45) is 5.41 Å². The normalized spacial score (nSPS) is 26.5. The number of rotatable bonds is 6. The van der Waals surface area contributed by atoms with E-state index in [2.05, 4.69) is 46.3 Å². The molecule has 0 aliphatic carbocycles. The second-order valence-corrected chi connectivity index (χ2v) is 7.37. The Labute approximate surface area is 140 Å². The number of hydrogen-bond acceptors (Lipinski definition) is 4. The SMILES string of the molecule is CCOc1ccc(CN2CCN(CC3(C)CCNC3)CC2)cc1. The summed E-state index contributed by atoms with van der Waals surface area (Å²) in [4.78, 5) is 5.23. The molecule has 0 saturated carbocycles. The van der Waals surface area contributed by atoms with E-state index in [1.807, 2.05) is 6.92 Å². The lowest BCUT2D eigenvalue weighted by atomic mass is 9.89. The first-order valence-electron chi connectivity index (χ1n) is 9.04. The van der Waals surface area contributed by atoms with Crippen molar-refractivity contribution in [2.75, 3.05) is 52.4 Å². The fourth-order valence-corrected chi connectivity index (χ4v) is 3.76. The van der Waals surface area contributed by atoms with E-state index in [1.165, 1.54) is 57.8 Å². The third-order valence-electron chi connectivity index (χ3n) is 5.17. The average molecular weight is 317 g/mol. The van der Waals surface area contributed by atoms with Crippen LogP contribution >= 0.6 is 0 Å². The van der Waals surface area contributed by atoms with Gasteiger partial charge < -0.3 is 15.0 Å². The molecule has 2 aliphatic heterocycles. The molecule has 2 heterocycles.